The van der Waals surface area contributed by atoms with E-state index in [9.17, 15) is 0 Å². The Morgan fingerprint density at radius 2 is 1.90 bits per heavy atom. The molecule has 0 aliphatic carbocycles. The lowest BCUT2D eigenvalue weighted by Crippen LogP contribution is -2.25. The summed E-state index contributed by atoms with van der Waals surface area (Å²) in [5.74, 6) is 0. The average molecular weight is 336 g/mol. The third kappa shape index (κ3) is 4.18. The normalized spacial score (nSPS) is 14.2. The van der Waals surface area contributed by atoms with Gasteiger partial charge in [-0.05, 0) is 43.5 Å². The van der Waals surface area contributed by atoms with Gasteiger partial charge in [-0.2, -0.15) is 5.10 Å². The molecule has 0 aliphatic rings. The highest BCUT2D eigenvalue weighted by Crippen LogP contribution is 2.14. The Kier molecular flexibility index (Phi) is 5.38. The van der Waals surface area contributed by atoms with Crippen LogP contribution in [0.5, 0.6) is 0 Å². The minimum absolute atomic E-state index is 0.108. The van der Waals surface area contributed by atoms with Gasteiger partial charge in [0, 0.05) is 29.2 Å². The van der Waals surface area contributed by atoms with E-state index >= 15 is 0 Å². The zero-order valence-electron chi connectivity index (χ0n) is 12.1. The van der Waals surface area contributed by atoms with Crippen molar-refractivity contribution < 1.29 is 0 Å². The summed E-state index contributed by atoms with van der Waals surface area (Å²) in [5, 5.41) is 4.61. The van der Waals surface area contributed by atoms with Crippen LogP contribution in [-0.2, 0) is 12.8 Å². The first-order valence-electron chi connectivity index (χ1n) is 7.12. The van der Waals surface area contributed by atoms with Crippen molar-refractivity contribution in [3.63, 3.8) is 0 Å². The maximum Gasteiger partial charge on any atom is 0.0640 e. The highest BCUT2D eigenvalue weighted by molar-refractivity contribution is 9.10. The molecule has 0 radical (unpaired) electrons. The fraction of sp³-hybridized carbons (Fsp3) is 0.438. The van der Waals surface area contributed by atoms with Crippen LogP contribution in [0.15, 0.2) is 41.0 Å². The average Bonchev–Trinajstić information content (AvgIpc) is 2.89. The highest BCUT2D eigenvalue weighted by Gasteiger charge is 2.09. The van der Waals surface area contributed by atoms with Crippen molar-refractivity contribution in [1.29, 1.82) is 0 Å². The summed E-state index contributed by atoms with van der Waals surface area (Å²) in [7, 11) is 0. The van der Waals surface area contributed by atoms with Gasteiger partial charge >= 0.3 is 0 Å². The van der Waals surface area contributed by atoms with Crippen LogP contribution in [-0.4, -0.2) is 15.8 Å². The van der Waals surface area contributed by atoms with Gasteiger partial charge in [-0.1, -0.05) is 35.0 Å². The van der Waals surface area contributed by atoms with Gasteiger partial charge in [-0.3, -0.25) is 4.68 Å². The van der Waals surface area contributed by atoms with Crippen molar-refractivity contribution in [2.24, 2.45) is 5.73 Å². The molecule has 2 atom stereocenters. The molecule has 0 spiro atoms. The lowest BCUT2D eigenvalue weighted by atomic mass is 10.0. The van der Waals surface area contributed by atoms with Crippen LogP contribution in [0.3, 0.4) is 0 Å². The Hall–Kier alpha value is -1.13. The molecular formula is C16H22BrN3. The first kappa shape index (κ1) is 15.3. The molecule has 20 heavy (non-hydrogen) atoms. The lowest BCUT2D eigenvalue weighted by Gasteiger charge is -2.11. The zero-order valence-corrected chi connectivity index (χ0v) is 13.7. The maximum atomic E-state index is 6.23. The Bertz CT molecular complexity index is 533. The van der Waals surface area contributed by atoms with Crippen LogP contribution < -0.4 is 5.73 Å². The first-order valence-corrected chi connectivity index (χ1v) is 7.92. The topological polar surface area (TPSA) is 43.8 Å². The van der Waals surface area contributed by atoms with E-state index in [4.69, 9.17) is 5.73 Å². The molecule has 3 nitrogen and oxygen atoms in total. The van der Waals surface area contributed by atoms with Crippen molar-refractivity contribution in [2.45, 2.75) is 45.2 Å². The summed E-state index contributed by atoms with van der Waals surface area (Å²) in [6, 6.07) is 11.0. The molecule has 0 saturated carbocycles. The molecule has 4 heteroatoms. The zero-order chi connectivity index (χ0) is 14.5. The van der Waals surface area contributed by atoms with Gasteiger partial charge in [0.15, 0.2) is 0 Å². The molecule has 1 heterocycles. The van der Waals surface area contributed by atoms with E-state index in [1.807, 2.05) is 4.68 Å². The Labute approximate surface area is 129 Å². The number of aromatic nitrogens is 2. The molecule has 0 saturated heterocycles. The van der Waals surface area contributed by atoms with Crippen molar-refractivity contribution in [1.82, 2.24) is 9.78 Å². The van der Waals surface area contributed by atoms with Crippen molar-refractivity contribution in [3.8, 4) is 0 Å². The second kappa shape index (κ2) is 7.04. The van der Waals surface area contributed by atoms with Crippen LogP contribution in [0.1, 0.15) is 37.6 Å². The number of nitrogens with zero attached hydrogens (tertiary/aromatic N) is 2. The van der Waals surface area contributed by atoms with Crippen LogP contribution >= 0.6 is 15.9 Å². The second-order valence-electron chi connectivity index (χ2n) is 5.34. The van der Waals surface area contributed by atoms with Crippen LogP contribution in [0, 0.1) is 0 Å². The van der Waals surface area contributed by atoms with Gasteiger partial charge in [0.05, 0.1) is 5.69 Å². The van der Waals surface area contributed by atoms with Crippen LogP contribution in [0.2, 0.25) is 0 Å². The Morgan fingerprint density at radius 1 is 1.20 bits per heavy atom. The number of halogens is 1. The van der Waals surface area contributed by atoms with E-state index in [2.05, 4.69) is 71.4 Å². The largest absolute Gasteiger partial charge is 0.327 e. The molecule has 0 bridgehead atoms. The molecule has 2 aromatic rings. The molecule has 2 unspecified atom stereocenters. The minimum Gasteiger partial charge on any atom is -0.327 e. The summed E-state index contributed by atoms with van der Waals surface area (Å²) >= 11 is 3.44. The fourth-order valence-corrected chi connectivity index (χ4v) is 2.45. The number of hydrogen-bond acceptors (Lipinski definition) is 2. The molecule has 1 aromatic carbocycles. The van der Waals surface area contributed by atoms with E-state index in [1.54, 1.807) is 0 Å². The monoisotopic (exact) mass is 335 g/mol. The minimum atomic E-state index is 0.108. The van der Waals surface area contributed by atoms with Gasteiger partial charge in [-0.25, -0.2) is 0 Å². The molecule has 2 N–H and O–H groups in total. The number of hydrogen-bond donors (Lipinski definition) is 1. The molecule has 0 amide bonds. The molecule has 0 aliphatic heterocycles. The van der Waals surface area contributed by atoms with E-state index in [0.29, 0.717) is 6.04 Å². The van der Waals surface area contributed by atoms with E-state index in [1.165, 1.54) is 5.56 Å². The third-order valence-corrected chi connectivity index (χ3v) is 4.12. The molecular weight excluding hydrogens is 314 g/mol. The van der Waals surface area contributed by atoms with Gasteiger partial charge < -0.3 is 5.73 Å². The maximum absolute atomic E-state index is 6.23. The van der Waals surface area contributed by atoms with E-state index in [-0.39, 0.29) is 6.04 Å². The predicted octanol–water partition coefficient (Wildman–Crippen LogP) is 3.73. The predicted molar refractivity (Wildman–Crippen MR) is 86.8 cm³/mol. The Balaban J connectivity index is 1.92. The van der Waals surface area contributed by atoms with Gasteiger partial charge in [0.2, 0.25) is 0 Å². The quantitative estimate of drug-likeness (QED) is 0.873. The Morgan fingerprint density at radius 3 is 2.55 bits per heavy atom. The van der Waals surface area contributed by atoms with Crippen molar-refractivity contribution >= 4 is 15.9 Å². The molecule has 0 fully saturated rings. The third-order valence-electron chi connectivity index (χ3n) is 3.59. The number of rotatable bonds is 6. The van der Waals surface area contributed by atoms with Crippen molar-refractivity contribution in [2.75, 3.05) is 0 Å². The second-order valence-corrected chi connectivity index (χ2v) is 6.25. The summed E-state index contributed by atoms with van der Waals surface area (Å²) in [4.78, 5) is 0. The number of benzene rings is 1. The molecule has 1 aromatic heterocycles. The number of nitrogens with two attached hydrogens (primary N) is 1. The fourth-order valence-electron chi connectivity index (χ4n) is 2.18. The lowest BCUT2D eigenvalue weighted by molar-refractivity contribution is 0.471. The smallest absolute Gasteiger partial charge is 0.0640 e. The summed E-state index contributed by atoms with van der Waals surface area (Å²) in [6.07, 6.45) is 4.84. The van der Waals surface area contributed by atoms with Gasteiger partial charge in [0.25, 0.3) is 0 Å². The van der Waals surface area contributed by atoms with E-state index < -0.39 is 0 Å². The van der Waals surface area contributed by atoms with Crippen LogP contribution in [0.25, 0.3) is 0 Å². The van der Waals surface area contributed by atoms with Gasteiger partial charge in [-0.15, -0.1) is 0 Å². The standard InChI is InChI=1S/C16H22BrN3/c1-3-12(2)20-9-8-16(19-20)11-15(18)10-13-4-6-14(17)7-5-13/h4-9,12,15H,3,10-11,18H2,1-2H3. The van der Waals surface area contributed by atoms with Crippen molar-refractivity contribution in [3.05, 3.63) is 52.3 Å². The van der Waals surface area contributed by atoms with Crippen LogP contribution in [0.4, 0.5) is 0 Å². The summed E-state index contributed by atoms with van der Waals surface area (Å²) < 4.78 is 3.13. The summed E-state index contributed by atoms with van der Waals surface area (Å²) in [5.41, 5.74) is 8.58. The SMILES string of the molecule is CCC(C)n1ccc(CC(N)Cc2ccc(Br)cc2)n1. The molecule has 108 valence electrons. The molecule has 2 rings (SSSR count). The van der Waals surface area contributed by atoms with Gasteiger partial charge in [0.1, 0.15) is 0 Å². The first-order chi connectivity index (χ1) is 9.58. The highest BCUT2D eigenvalue weighted by atomic mass is 79.9. The summed E-state index contributed by atoms with van der Waals surface area (Å²) in [6.45, 7) is 4.35. The van der Waals surface area contributed by atoms with E-state index in [0.717, 1.165) is 29.4 Å².